The van der Waals surface area contributed by atoms with Gasteiger partial charge in [0.05, 0.1) is 10.1 Å². The lowest BCUT2D eigenvalue weighted by molar-refractivity contribution is -0.115. The molecule has 0 spiro atoms. The molecule has 9 nitrogen and oxygen atoms in total. The molecule has 0 saturated carbocycles. The summed E-state index contributed by atoms with van der Waals surface area (Å²) in [5.74, 6) is -0.153. The minimum atomic E-state index is -3.85. The molecule has 0 bridgehead atoms. The summed E-state index contributed by atoms with van der Waals surface area (Å²) in [4.78, 5) is 25.1. The van der Waals surface area contributed by atoms with Gasteiger partial charge in [0.25, 0.3) is 10.0 Å². The van der Waals surface area contributed by atoms with Gasteiger partial charge in [0, 0.05) is 36.5 Å². The molecule has 0 radical (unpaired) electrons. The zero-order chi connectivity index (χ0) is 22.6. The third kappa shape index (κ3) is 5.82. The van der Waals surface area contributed by atoms with Crippen LogP contribution in [-0.2, 0) is 21.9 Å². The molecule has 0 aliphatic heterocycles. The fraction of sp³-hybridized carbons (Fsp3) is 0.300. The molecule has 31 heavy (non-hydrogen) atoms. The molecule has 0 aliphatic carbocycles. The first-order valence-corrected chi connectivity index (χ1v) is 11.9. The topological polar surface area (TPSA) is 119 Å². The fourth-order valence-corrected chi connectivity index (χ4v) is 4.69. The predicted molar refractivity (Wildman–Crippen MR) is 121 cm³/mol. The largest absolute Gasteiger partial charge is 0.329 e. The molecular formula is C20H24N6O3S2. The molecule has 11 heteroatoms. The van der Waals surface area contributed by atoms with Gasteiger partial charge in [-0.25, -0.2) is 28.1 Å². The van der Waals surface area contributed by atoms with Gasteiger partial charge in [-0.2, -0.15) is 0 Å². The van der Waals surface area contributed by atoms with E-state index in [-0.39, 0.29) is 22.0 Å². The zero-order valence-corrected chi connectivity index (χ0v) is 19.3. The highest BCUT2D eigenvalue weighted by atomic mass is 32.2. The Bertz CT molecular complexity index is 1160. The second kappa shape index (κ2) is 9.48. The van der Waals surface area contributed by atoms with Crippen LogP contribution in [0.2, 0.25) is 0 Å². The van der Waals surface area contributed by atoms with Crippen molar-refractivity contribution in [3.05, 3.63) is 54.1 Å². The first-order valence-electron chi connectivity index (χ1n) is 9.58. The molecule has 3 aromatic rings. The van der Waals surface area contributed by atoms with E-state index in [9.17, 15) is 13.2 Å². The second-order valence-corrected chi connectivity index (χ2v) is 9.78. The summed E-state index contributed by atoms with van der Waals surface area (Å²) in [5, 5.41) is 3.26. The first-order chi connectivity index (χ1) is 14.7. The number of nitrogens with zero attached hydrogens (tertiary/aromatic N) is 4. The second-order valence-electron chi connectivity index (χ2n) is 6.93. The number of hydrogen-bond donors (Lipinski definition) is 2. The minimum absolute atomic E-state index is 0.0203. The van der Waals surface area contributed by atoms with Crippen molar-refractivity contribution < 1.29 is 13.2 Å². The molecule has 3 rings (SSSR count). The van der Waals surface area contributed by atoms with Gasteiger partial charge in [-0.05, 0) is 50.6 Å². The lowest BCUT2D eigenvalue weighted by atomic mass is 10.3. The Morgan fingerprint density at radius 1 is 1.16 bits per heavy atom. The number of anilines is 2. The molecule has 0 fully saturated rings. The molecule has 2 N–H and O–H groups in total. The number of rotatable bonds is 8. The van der Waals surface area contributed by atoms with Crippen LogP contribution in [0.4, 0.5) is 11.6 Å². The maximum atomic E-state index is 12.7. The number of nitrogens with one attached hydrogen (secondary N) is 2. The number of hydrogen-bond acceptors (Lipinski definition) is 7. The van der Waals surface area contributed by atoms with E-state index < -0.39 is 10.0 Å². The van der Waals surface area contributed by atoms with Gasteiger partial charge < -0.3 is 9.88 Å². The lowest BCUT2D eigenvalue weighted by Gasteiger charge is -2.14. The highest BCUT2D eigenvalue weighted by molar-refractivity contribution is 8.00. The first kappa shape index (κ1) is 22.8. The summed E-state index contributed by atoms with van der Waals surface area (Å²) in [6.45, 7) is 5.45. The van der Waals surface area contributed by atoms with Gasteiger partial charge in [0.1, 0.15) is 0 Å². The maximum Gasteiger partial charge on any atom is 0.264 e. The van der Waals surface area contributed by atoms with Crippen molar-refractivity contribution in [1.82, 2.24) is 19.5 Å². The Labute approximate surface area is 185 Å². The molecule has 164 valence electrons. The fourth-order valence-electron chi connectivity index (χ4n) is 2.81. The molecule has 0 saturated heterocycles. The molecule has 1 aromatic carbocycles. The maximum absolute atomic E-state index is 12.7. The van der Waals surface area contributed by atoms with E-state index >= 15 is 0 Å². The normalized spacial score (nSPS) is 12.4. The number of benzene rings is 1. The van der Waals surface area contributed by atoms with Crippen molar-refractivity contribution in [3.63, 3.8) is 0 Å². The standard InChI is InChI=1S/C20H24N6O3S2/c1-5-17(30-20-21-10-11-26(20)4)18(27)24-15-6-8-16(9-7-15)31(28,29)25-19-22-13(2)12-14(3)23-19/h6-12,17H,5H2,1-4H3,(H,24,27)(H,22,23,25). The van der Waals surface area contributed by atoms with Crippen LogP contribution in [0.1, 0.15) is 24.7 Å². The summed E-state index contributed by atoms with van der Waals surface area (Å²) >= 11 is 1.38. The number of sulfonamides is 1. The van der Waals surface area contributed by atoms with Crippen molar-refractivity contribution in [3.8, 4) is 0 Å². The van der Waals surface area contributed by atoms with E-state index in [1.165, 1.54) is 23.9 Å². The monoisotopic (exact) mass is 460 g/mol. The summed E-state index contributed by atoms with van der Waals surface area (Å²) in [6, 6.07) is 7.70. The Morgan fingerprint density at radius 3 is 2.35 bits per heavy atom. The third-order valence-corrected chi connectivity index (χ3v) is 7.11. The number of thioether (sulfide) groups is 1. The van der Waals surface area contributed by atoms with Crippen molar-refractivity contribution in [2.24, 2.45) is 7.05 Å². The number of aromatic nitrogens is 4. The molecule has 1 amide bonds. The van der Waals surface area contributed by atoms with Crippen LogP contribution in [0.3, 0.4) is 0 Å². The molecule has 2 aromatic heterocycles. The van der Waals surface area contributed by atoms with Crippen LogP contribution < -0.4 is 10.0 Å². The highest BCUT2D eigenvalue weighted by Gasteiger charge is 2.21. The number of amides is 1. The van der Waals surface area contributed by atoms with Gasteiger partial charge >= 0.3 is 0 Å². The average Bonchev–Trinajstić information content (AvgIpc) is 3.09. The Morgan fingerprint density at radius 2 is 1.81 bits per heavy atom. The number of carbonyl (C=O) groups is 1. The Hall–Kier alpha value is -2.92. The number of carbonyl (C=O) groups excluding carboxylic acids is 1. The Balaban J connectivity index is 1.68. The summed E-state index contributed by atoms with van der Waals surface area (Å²) in [7, 11) is -1.98. The quantitative estimate of drug-likeness (QED) is 0.496. The van der Waals surface area contributed by atoms with Gasteiger partial charge in [0.2, 0.25) is 11.9 Å². The van der Waals surface area contributed by atoms with Crippen LogP contribution in [0, 0.1) is 13.8 Å². The number of aryl methyl sites for hydroxylation is 3. The van der Waals surface area contributed by atoms with Crippen molar-refractivity contribution >= 4 is 39.3 Å². The average molecular weight is 461 g/mol. The summed E-state index contributed by atoms with van der Waals surface area (Å²) in [6.07, 6.45) is 4.13. The van der Waals surface area contributed by atoms with E-state index in [1.807, 2.05) is 24.7 Å². The molecular weight excluding hydrogens is 436 g/mol. The SMILES string of the molecule is CCC(Sc1nccn1C)C(=O)Nc1ccc(S(=O)(=O)Nc2nc(C)cc(C)n2)cc1. The van der Waals surface area contributed by atoms with Gasteiger partial charge in [-0.1, -0.05) is 18.7 Å². The van der Waals surface area contributed by atoms with Crippen molar-refractivity contribution in [2.45, 2.75) is 42.5 Å². The van der Waals surface area contributed by atoms with Crippen LogP contribution in [0.25, 0.3) is 0 Å². The van der Waals surface area contributed by atoms with E-state index in [4.69, 9.17) is 0 Å². The van der Waals surface area contributed by atoms with E-state index in [0.717, 1.165) is 5.16 Å². The molecule has 0 aliphatic rings. The predicted octanol–water partition coefficient (Wildman–Crippen LogP) is 3.14. The van der Waals surface area contributed by atoms with E-state index in [2.05, 4.69) is 25.0 Å². The Kier molecular flexibility index (Phi) is 6.96. The van der Waals surface area contributed by atoms with Gasteiger partial charge in [-0.3, -0.25) is 4.79 Å². The van der Waals surface area contributed by atoms with Gasteiger partial charge in [0.15, 0.2) is 5.16 Å². The molecule has 2 heterocycles. The smallest absolute Gasteiger partial charge is 0.264 e. The third-order valence-electron chi connectivity index (χ3n) is 4.33. The van der Waals surface area contributed by atoms with Crippen LogP contribution in [0.15, 0.2) is 52.8 Å². The molecule has 1 unspecified atom stereocenters. The van der Waals surface area contributed by atoms with Crippen molar-refractivity contribution in [2.75, 3.05) is 10.0 Å². The zero-order valence-electron chi connectivity index (χ0n) is 17.7. The van der Waals surface area contributed by atoms with E-state index in [0.29, 0.717) is 23.5 Å². The van der Waals surface area contributed by atoms with Crippen LogP contribution in [-0.4, -0.2) is 39.1 Å². The molecule has 1 atom stereocenters. The van der Waals surface area contributed by atoms with Gasteiger partial charge in [-0.15, -0.1) is 0 Å². The highest BCUT2D eigenvalue weighted by Crippen LogP contribution is 2.25. The van der Waals surface area contributed by atoms with Crippen LogP contribution in [0.5, 0.6) is 0 Å². The summed E-state index contributed by atoms with van der Waals surface area (Å²) < 4.78 is 29.5. The minimum Gasteiger partial charge on any atom is -0.329 e. The number of imidazole rings is 1. The summed E-state index contributed by atoms with van der Waals surface area (Å²) in [5.41, 5.74) is 1.83. The van der Waals surface area contributed by atoms with Crippen LogP contribution >= 0.6 is 11.8 Å². The van der Waals surface area contributed by atoms with E-state index in [1.54, 1.807) is 38.2 Å². The van der Waals surface area contributed by atoms with Crippen molar-refractivity contribution in [1.29, 1.82) is 0 Å². The lowest BCUT2D eigenvalue weighted by Crippen LogP contribution is -2.25.